The molecule has 0 amide bonds. The lowest BCUT2D eigenvalue weighted by molar-refractivity contribution is 0.314. The van der Waals surface area contributed by atoms with Crippen molar-refractivity contribution in [2.75, 3.05) is 0 Å². The van der Waals surface area contributed by atoms with E-state index in [1.54, 1.807) is 16.7 Å². The van der Waals surface area contributed by atoms with Crippen LogP contribution < -0.4 is 0 Å². The molecule has 1 unspecified atom stereocenters. The van der Waals surface area contributed by atoms with Gasteiger partial charge >= 0.3 is 0 Å². The first-order chi connectivity index (χ1) is 14.5. The van der Waals surface area contributed by atoms with Gasteiger partial charge in [0.05, 0.1) is 11.6 Å². The maximum Gasteiger partial charge on any atom is 0.0994 e. The molecule has 2 aliphatic rings. The second-order valence-electron chi connectivity index (χ2n) is 10.5. The molecule has 0 aliphatic heterocycles. The van der Waals surface area contributed by atoms with Gasteiger partial charge in [-0.2, -0.15) is 5.26 Å². The molecule has 1 nitrogen and oxygen atoms in total. The maximum atomic E-state index is 9.84. The molecule has 1 atom stereocenters. The van der Waals surface area contributed by atoms with E-state index in [0.717, 1.165) is 18.4 Å². The highest BCUT2D eigenvalue weighted by molar-refractivity contribution is 5.48. The van der Waals surface area contributed by atoms with Gasteiger partial charge in [-0.3, -0.25) is 0 Å². The fourth-order valence-electron chi connectivity index (χ4n) is 5.76. The van der Waals surface area contributed by atoms with Crippen LogP contribution in [0.3, 0.4) is 0 Å². The van der Waals surface area contributed by atoms with Crippen molar-refractivity contribution in [3.05, 3.63) is 69.3 Å². The minimum absolute atomic E-state index is 0.443. The van der Waals surface area contributed by atoms with Gasteiger partial charge in [-0.1, -0.05) is 64.3 Å². The standard InChI is InChI=1S/C29H37N/c1-4-5-6-7-8-21-9-13-26(25(17-21)20-30)22-12-14-27-23(18-22)10-11-24-19-29(2,3)16-15-28(24)27/h9-11,13,17,22H,4-8,12,14-16,18-19H2,1-3H3. The lowest BCUT2D eigenvalue weighted by Gasteiger charge is -2.35. The van der Waals surface area contributed by atoms with Gasteiger partial charge in [-0.15, -0.1) is 0 Å². The first kappa shape index (κ1) is 21.2. The Morgan fingerprint density at radius 1 is 1.00 bits per heavy atom. The number of fused-ring (bicyclic) bond motifs is 3. The van der Waals surface area contributed by atoms with Crippen LogP contribution in [0.5, 0.6) is 0 Å². The zero-order valence-electron chi connectivity index (χ0n) is 19.2. The van der Waals surface area contributed by atoms with E-state index in [0.29, 0.717) is 11.3 Å². The smallest absolute Gasteiger partial charge is 0.0994 e. The third-order valence-corrected chi connectivity index (χ3v) is 7.55. The molecule has 0 saturated heterocycles. The molecule has 0 heterocycles. The van der Waals surface area contributed by atoms with Crippen LogP contribution in [0, 0.1) is 16.7 Å². The Balaban J connectivity index is 1.51. The second-order valence-corrected chi connectivity index (χ2v) is 10.5. The van der Waals surface area contributed by atoms with Gasteiger partial charge in [0.25, 0.3) is 0 Å². The van der Waals surface area contributed by atoms with Crippen molar-refractivity contribution in [2.24, 2.45) is 5.41 Å². The molecule has 0 spiro atoms. The van der Waals surface area contributed by atoms with Crippen LogP contribution in [0.2, 0.25) is 0 Å². The van der Waals surface area contributed by atoms with Crippen molar-refractivity contribution in [2.45, 2.75) is 97.3 Å². The van der Waals surface area contributed by atoms with Gasteiger partial charge in [0.1, 0.15) is 0 Å². The molecule has 0 N–H and O–H groups in total. The minimum Gasteiger partial charge on any atom is -0.192 e. The number of nitriles is 1. The SMILES string of the molecule is CCCCCCc1ccc(C2CCc3c(ccc4c3CCC(C)(C)C4)C2)c(C#N)c1. The highest BCUT2D eigenvalue weighted by Crippen LogP contribution is 2.41. The van der Waals surface area contributed by atoms with Gasteiger partial charge in [0.15, 0.2) is 0 Å². The van der Waals surface area contributed by atoms with E-state index < -0.39 is 0 Å². The van der Waals surface area contributed by atoms with Crippen molar-refractivity contribution in [1.29, 1.82) is 5.26 Å². The highest BCUT2D eigenvalue weighted by Gasteiger charge is 2.30. The number of rotatable bonds is 6. The van der Waals surface area contributed by atoms with Gasteiger partial charge in [0, 0.05) is 0 Å². The summed E-state index contributed by atoms with van der Waals surface area (Å²) in [5.74, 6) is 0.486. The summed E-state index contributed by atoms with van der Waals surface area (Å²) >= 11 is 0. The number of nitrogens with zero attached hydrogens (tertiary/aromatic N) is 1. The fraction of sp³-hybridized carbons (Fsp3) is 0.552. The molecule has 4 rings (SSSR count). The topological polar surface area (TPSA) is 23.8 Å². The lowest BCUT2D eigenvalue weighted by atomic mass is 9.69. The summed E-state index contributed by atoms with van der Waals surface area (Å²) in [5.41, 5.74) is 10.4. The molecule has 1 heteroatoms. The van der Waals surface area contributed by atoms with Crippen LogP contribution in [0.4, 0.5) is 0 Å². The van der Waals surface area contributed by atoms with E-state index >= 15 is 0 Å². The quantitative estimate of drug-likeness (QED) is 0.462. The van der Waals surface area contributed by atoms with Crippen molar-refractivity contribution in [3.63, 3.8) is 0 Å². The minimum atomic E-state index is 0.443. The summed E-state index contributed by atoms with van der Waals surface area (Å²) in [5, 5.41) is 9.84. The van der Waals surface area contributed by atoms with E-state index in [4.69, 9.17) is 0 Å². The molecule has 0 aromatic heterocycles. The van der Waals surface area contributed by atoms with Gasteiger partial charge < -0.3 is 0 Å². The Hall–Kier alpha value is -2.07. The van der Waals surface area contributed by atoms with Crippen molar-refractivity contribution >= 4 is 0 Å². The molecule has 158 valence electrons. The second kappa shape index (κ2) is 8.97. The van der Waals surface area contributed by atoms with E-state index in [1.807, 2.05) is 0 Å². The highest BCUT2D eigenvalue weighted by atomic mass is 14.4. The molecule has 0 bridgehead atoms. The zero-order chi connectivity index (χ0) is 21.1. The van der Waals surface area contributed by atoms with Crippen LogP contribution >= 0.6 is 0 Å². The van der Waals surface area contributed by atoms with Crippen LogP contribution in [0.1, 0.15) is 104 Å². The summed E-state index contributed by atoms with van der Waals surface area (Å²) in [6, 6.07) is 14.0. The average Bonchev–Trinajstić information content (AvgIpc) is 2.75. The van der Waals surface area contributed by atoms with Gasteiger partial charge in [-0.05, 0) is 102 Å². The predicted molar refractivity (Wildman–Crippen MR) is 126 cm³/mol. The number of unbranched alkanes of at least 4 members (excludes halogenated alkanes) is 3. The average molecular weight is 400 g/mol. The molecule has 0 radical (unpaired) electrons. The third kappa shape index (κ3) is 4.49. The van der Waals surface area contributed by atoms with E-state index in [9.17, 15) is 5.26 Å². The Morgan fingerprint density at radius 2 is 1.80 bits per heavy atom. The summed E-state index contributed by atoms with van der Waals surface area (Å²) in [4.78, 5) is 0. The molecule has 30 heavy (non-hydrogen) atoms. The largest absolute Gasteiger partial charge is 0.192 e. The summed E-state index contributed by atoms with van der Waals surface area (Å²) < 4.78 is 0. The van der Waals surface area contributed by atoms with Gasteiger partial charge in [0.2, 0.25) is 0 Å². The number of aryl methyl sites for hydroxylation is 1. The van der Waals surface area contributed by atoms with Crippen LogP contribution in [-0.2, 0) is 32.1 Å². The molecule has 0 fully saturated rings. The molecule has 2 aromatic carbocycles. The van der Waals surface area contributed by atoms with E-state index in [2.05, 4.69) is 57.2 Å². The summed E-state index contributed by atoms with van der Waals surface area (Å²) in [6.45, 7) is 7.06. The predicted octanol–water partition coefficient (Wildman–Crippen LogP) is 7.47. The number of hydrogen-bond acceptors (Lipinski definition) is 1. The first-order valence-corrected chi connectivity index (χ1v) is 12.2. The van der Waals surface area contributed by atoms with Crippen molar-refractivity contribution < 1.29 is 0 Å². The van der Waals surface area contributed by atoms with E-state index in [1.165, 1.54) is 74.5 Å². The molecule has 2 aromatic rings. The van der Waals surface area contributed by atoms with Gasteiger partial charge in [-0.25, -0.2) is 0 Å². The van der Waals surface area contributed by atoms with Crippen LogP contribution in [-0.4, -0.2) is 0 Å². The Kier molecular flexibility index (Phi) is 6.33. The maximum absolute atomic E-state index is 9.84. The monoisotopic (exact) mass is 399 g/mol. The Bertz CT molecular complexity index is 944. The first-order valence-electron chi connectivity index (χ1n) is 12.2. The third-order valence-electron chi connectivity index (χ3n) is 7.55. The van der Waals surface area contributed by atoms with Crippen LogP contribution in [0.25, 0.3) is 0 Å². The number of benzene rings is 2. The van der Waals surface area contributed by atoms with Crippen molar-refractivity contribution in [1.82, 2.24) is 0 Å². The Labute approximate surface area is 183 Å². The summed E-state index contributed by atoms with van der Waals surface area (Å²) in [6.07, 6.45) is 13.4. The molecule has 0 saturated carbocycles. The summed E-state index contributed by atoms with van der Waals surface area (Å²) in [7, 11) is 0. The Morgan fingerprint density at radius 3 is 2.60 bits per heavy atom. The molecule has 2 aliphatic carbocycles. The molecular weight excluding hydrogens is 362 g/mol. The van der Waals surface area contributed by atoms with E-state index in [-0.39, 0.29) is 0 Å². The molecular formula is C29H37N. The van der Waals surface area contributed by atoms with Crippen molar-refractivity contribution in [3.8, 4) is 6.07 Å². The number of hydrogen-bond donors (Lipinski definition) is 0. The lowest BCUT2D eigenvalue weighted by Crippen LogP contribution is -2.25. The fourth-order valence-corrected chi connectivity index (χ4v) is 5.76. The zero-order valence-corrected chi connectivity index (χ0v) is 19.2. The normalized spacial score (nSPS) is 19.6. The van der Waals surface area contributed by atoms with Crippen LogP contribution in [0.15, 0.2) is 30.3 Å².